The number of carbonyl (C=O) groups excluding carboxylic acids is 1. The molecule has 0 aliphatic heterocycles. The molecule has 0 fully saturated rings. The maximum atomic E-state index is 12.8. The molecule has 1 aromatic rings. The Labute approximate surface area is 73.2 Å². The van der Waals surface area contributed by atoms with E-state index in [0.29, 0.717) is 0 Å². The molecule has 13 heavy (non-hydrogen) atoms. The molecule has 0 amide bonds. The van der Waals surface area contributed by atoms with Crippen molar-refractivity contribution in [1.82, 2.24) is 0 Å². The Kier molecular flexibility index (Phi) is 2.70. The van der Waals surface area contributed by atoms with Crippen LogP contribution >= 0.6 is 0 Å². The van der Waals surface area contributed by atoms with E-state index in [-0.39, 0.29) is 0 Å². The van der Waals surface area contributed by atoms with E-state index in [1.54, 1.807) is 0 Å². The Morgan fingerprint density at radius 2 is 1.77 bits per heavy atom. The Morgan fingerprint density at radius 1 is 1.31 bits per heavy atom. The highest BCUT2D eigenvalue weighted by Gasteiger charge is 2.21. The van der Waals surface area contributed by atoms with E-state index in [9.17, 15) is 18.0 Å². The van der Waals surface area contributed by atoms with Crippen molar-refractivity contribution in [2.45, 2.75) is 13.1 Å². The van der Waals surface area contributed by atoms with Crippen LogP contribution in [0.4, 0.5) is 13.2 Å². The van der Waals surface area contributed by atoms with Gasteiger partial charge in [0.05, 0.1) is 5.56 Å². The molecule has 1 rings (SSSR count). The Balaban J connectivity index is 3.20. The van der Waals surface area contributed by atoms with Gasteiger partial charge in [-0.1, -0.05) is 6.07 Å². The van der Waals surface area contributed by atoms with Crippen LogP contribution in [0, 0.1) is 11.6 Å². The van der Waals surface area contributed by atoms with E-state index in [4.69, 9.17) is 0 Å². The third kappa shape index (κ3) is 1.88. The van der Waals surface area contributed by atoms with E-state index in [1.165, 1.54) is 0 Å². The third-order valence-corrected chi connectivity index (χ3v) is 1.57. The van der Waals surface area contributed by atoms with Crippen LogP contribution in [0.25, 0.3) is 0 Å². The van der Waals surface area contributed by atoms with Crippen molar-refractivity contribution in [1.29, 1.82) is 0 Å². The van der Waals surface area contributed by atoms with Crippen LogP contribution in [-0.4, -0.2) is 12.0 Å². The molecule has 0 aromatic heterocycles. The van der Waals surface area contributed by atoms with Crippen LogP contribution < -0.4 is 0 Å². The molecule has 0 heterocycles. The normalized spacial score (nSPS) is 12.6. The number of hydrogen-bond acceptors (Lipinski definition) is 1. The fraction of sp³-hybridized carbons (Fsp3) is 0.222. The van der Waals surface area contributed by atoms with Gasteiger partial charge in [-0.2, -0.15) is 0 Å². The largest absolute Gasteiger partial charge is 0.291 e. The summed E-state index contributed by atoms with van der Waals surface area (Å²) in [4.78, 5) is 10.9. The van der Waals surface area contributed by atoms with Gasteiger partial charge in [-0.05, 0) is 19.1 Å². The van der Waals surface area contributed by atoms with Crippen LogP contribution in [0.2, 0.25) is 0 Å². The minimum atomic E-state index is -1.90. The summed E-state index contributed by atoms with van der Waals surface area (Å²) < 4.78 is 38.1. The number of hydrogen-bond donors (Lipinski definition) is 0. The molecule has 0 spiro atoms. The third-order valence-electron chi connectivity index (χ3n) is 1.57. The number of halogens is 3. The van der Waals surface area contributed by atoms with Gasteiger partial charge in [0.25, 0.3) is 0 Å². The lowest BCUT2D eigenvalue weighted by atomic mass is 10.1. The quantitative estimate of drug-likeness (QED) is 0.651. The minimum Gasteiger partial charge on any atom is -0.291 e. The summed E-state index contributed by atoms with van der Waals surface area (Å²) in [5.74, 6) is -3.24. The predicted octanol–water partition coefficient (Wildman–Crippen LogP) is 2.51. The minimum absolute atomic E-state index is 0.808. The molecule has 0 bridgehead atoms. The first-order chi connectivity index (χ1) is 6.04. The number of rotatable bonds is 2. The number of benzene rings is 1. The monoisotopic (exact) mass is 188 g/mol. The number of ketones is 1. The van der Waals surface area contributed by atoms with E-state index in [0.717, 1.165) is 25.1 Å². The zero-order valence-electron chi connectivity index (χ0n) is 6.85. The number of alkyl halides is 1. The molecule has 70 valence electrons. The average molecular weight is 188 g/mol. The fourth-order valence-corrected chi connectivity index (χ4v) is 0.932. The van der Waals surface area contributed by atoms with Gasteiger partial charge in [-0.15, -0.1) is 0 Å². The molecule has 1 atom stereocenters. The summed E-state index contributed by atoms with van der Waals surface area (Å²) in [6.45, 7) is 0.939. The van der Waals surface area contributed by atoms with E-state index in [1.807, 2.05) is 0 Å². The maximum Gasteiger partial charge on any atom is 0.202 e. The summed E-state index contributed by atoms with van der Waals surface area (Å²) in [5.41, 5.74) is -0.808. The molecule has 1 aromatic carbocycles. The van der Waals surface area contributed by atoms with E-state index in [2.05, 4.69) is 0 Å². The highest BCUT2D eigenvalue weighted by Crippen LogP contribution is 2.15. The van der Waals surface area contributed by atoms with Crippen LogP contribution in [0.15, 0.2) is 18.2 Å². The molecule has 0 aliphatic carbocycles. The molecule has 0 aliphatic rings. The molecule has 0 radical (unpaired) electrons. The molecule has 1 nitrogen and oxygen atoms in total. The number of carbonyl (C=O) groups is 1. The fourth-order valence-electron chi connectivity index (χ4n) is 0.932. The zero-order chi connectivity index (χ0) is 10.0. The van der Waals surface area contributed by atoms with Crippen molar-refractivity contribution in [2.75, 3.05) is 0 Å². The first-order valence-corrected chi connectivity index (χ1v) is 3.66. The molecular weight excluding hydrogens is 181 g/mol. The van der Waals surface area contributed by atoms with Crippen LogP contribution in [-0.2, 0) is 0 Å². The van der Waals surface area contributed by atoms with Gasteiger partial charge in [0.1, 0.15) is 11.6 Å². The van der Waals surface area contributed by atoms with E-state index >= 15 is 0 Å². The summed E-state index contributed by atoms with van der Waals surface area (Å²) in [6, 6.07) is 2.95. The first-order valence-electron chi connectivity index (χ1n) is 3.66. The van der Waals surface area contributed by atoms with Crippen molar-refractivity contribution < 1.29 is 18.0 Å². The van der Waals surface area contributed by atoms with Gasteiger partial charge in [0, 0.05) is 0 Å². The summed E-state index contributed by atoms with van der Waals surface area (Å²) in [6.07, 6.45) is -1.90. The summed E-state index contributed by atoms with van der Waals surface area (Å²) >= 11 is 0. The van der Waals surface area contributed by atoms with Crippen LogP contribution in [0.1, 0.15) is 17.3 Å². The SMILES string of the molecule is CC(F)C(=O)c1c(F)cccc1F. The second-order valence-corrected chi connectivity index (χ2v) is 2.58. The van der Waals surface area contributed by atoms with Gasteiger partial charge in [-0.25, -0.2) is 13.2 Å². The maximum absolute atomic E-state index is 12.8. The Hall–Kier alpha value is -1.32. The number of Topliss-reactive ketones (excluding diaryl/α,β-unsaturated/α-hetero) is 1. The van der Waals surface area contributed by atoms with Gasteiger partial charge < -0.3 is 0 Å². The molecule has 0 saturated carbocycles. The second-order valence-electron chi connectivity index (χ2n) is 2.58. The van der Waals surface area contributed by atoms with Gasteiger partial charge >= 0.3 is 0 Å². The predicted molar refractivity (Wildman–Crippen MR) is 41.3 cm³/mol. The van der Waals surface area contributed by atoms with Crippen LogP contribution in [0.5, 0.6) is 0 Å². The molecule has 0 N–H and O–H groups in total. The summed E-state index contributed by atoms with van der Waals surface area (Å²) in [7, 11) is 0. The molecule has 0 saturated heterocycles. The average Bonchev–Trinajstić information content (AvgIpc) is 2.03. The molecule has 4 heteroatoms. The first kappa shape index (κ1) is 9.77. The zero-order valence-corrected chi connectivity index (χ0v) is 6.85. The Bertz CT molecular complexity index is 313. The van der Waals surface area contributed by atoms with Gasteiger partial charge in [-0.3, -0.25) is 4.79 Å². The van der Waals surface area contributed by atoms with E-state index < -0.39 is 29.2 Å². The topological polar surface area (TPSA) is 17.1 Å². The Morgan fingerprint density at radius 3 is 2.15 bits per heavy atom. The van der Waals surface area contributed by atoms with Crippen molar-refractivity contribution in [3.8, 4) is 0 Å². The smallest absolute Gasteiger partial charge is 0.202 e. The van der Waals surface area contributed by atoms with Crippen molar-refractivity contribution >= 4 is 5.78 Å². The molecular formula is C9H7F3O. The highest BCUT2D eigenvalue weighted by atomic mass is 19.1. The standard InChI is InChI=1S/C9H7F3O/c1-5(10)9(13)8-6(11)3-2-4-7(8)12/h2-5H,1H3. The lowest BCUT2D eigenvalue weighted by Crippen LogP contribution is -2.15. The summed E-state index contributed by atoms with van der Waals surface area (Å²) in [5, 5.41) is 0. The van der Waals surface area contributed by atoms with Gasteiger partial charge in [0.15, 0.2) is 6.17 Å². The van der Waals surface area contributed by atoms with Crippen molar-refractivity contribution in [3.05, 3.63) is 35.4 Å². The highest BCUT2D eigenvalue weighted by molar-refractivity contribution is 5.99. The lowest BCUT2D eigenvalue weighted by Gasteiger charge is -2.03. The lowest BCUT2D eigenvalue weighted by molar-refractivity contribution is 0.0884. The second kappa shape index (κ2) is 3.60. The van der Waals surface area contributed by atoms with Crippen molar-refractivity contribution in [3.63, 3.8) is 0 Å². The molecule has 1 unspecified atom stereocenters. The van der Waals surface area contributed by atoms with Gasteiger partial charge in [0.2, 0.25) is 5.78 Å². The van der Waals surface area contributed by atoms with Crippen LogP contribution in [0.3, 0.4) is 0 Å². The van der Waals surface area contributed by atoms with Crippen molar-refractivity contribution in [2.24, 2.45) is 0 Å².